The zero-order chi connectivity index (χ0) is 13.2. The minimum Gasteiger partial charge on any atom is -0.369 e. The Kier molecular flexibility index (Phi) is 3.90. The molecule has 2 aliphatic heterocycles. The predicted molar refractivity (Wildman–Crippen MR) is 68.7 cm³/mol. The lowest BCUT2D eigenvalue weighted by atomic mass is 9.79. The number of nitrogens with two attached hydrogens (primary N) is 1. The standard InChI is InChI=1S/C13H23N3O2/c1-13(4-6-15-7-5-13)12(18)16-8-2-3-10(9-16)11(14)17/h10,15H,2-9H2,1H3,(H2,14,17). The molecule has 2 heterocycles. The lowest BCUT2D eigenvalue weighted by molar-refractivity contribution is -0.145. The molecule has 2 amide bonds. The molecule has 3 N–H and O–H groups in total. The highest BCUT2D eigenvalue weighted by Crippen LogP contribution is 2.32. The number of carbonyl (C=O) groups excluding carboxylic acids is 2. The van der Waals surface area contributed by atoms with Gasteiger partial charge in [-0.1, -0.05) is 6.92 Å². The molecule has 0 bridgehead atoms. The van der Waals surface area contributed by atoms with Crippen LogP contribution in [0, 0.1) is 11.3 Å². The molecule has 2 rings (SSSR count). The fourth-order valence-corrected chi connectivity index (χ4v) is 2.97. The van der Waals surface area contributed by atoms with E-state index in [1.54, 1.807) is 0 Å². The third-order valence-electron chi connectivity index (χ3n) is 4.33. The topological polar surface area (TPSA) is 75.4 Å². The number of rotatable bonds is 2. The second kappa shape index (κ2) is 5.26. The predicted octanol–water partition coefficient (Wildman–Crippen LogP) is 0.100. The van der Waals surface area contributed by atoms with Gasteiger partial charge in [-0.05, 0) is 38.8 Å². The number of piperidine rings is 2. The van der Waals surface area contributed by atoms with E-state index in [2.05, 4.69) is 5.32 Å². The quantitative estimate of drug-likeness (QED) is 0.733. The first-order valence-electron chi connectivity index (χ1n) is 6.82. The number of carbonyl (C=O) groups is 2. The Morgan fingerprint density at radius 2 is 2.00 bits per heavy atom. The van der Waals surface area contributed by atoms with Gasteiger partial charge in [0.1, 0.15) is 0 Å². The van der Waals surface area contributed by atoms with Crippen LogP contribution in [0.5, 0.6) is 0 Å². The first kappa shape index (κ1) is 13.3. The van der Waals surface area contributed by atoms with Crippen LogP contribution in [-0.4, -0.2) is 42.9 Å². The van der Waals surface area contributed by atoms with Crippen LogP contribution in [-0.2, 0) is 9.59 Å². The lowest BCUT2D eigenvalue weighted by Gasteiger charge is -2.40. The fraction of sp³-hybridized carbons (Fsp3) is 0.846. The summed E-state index contributed by atoms with van der Waals surface area (Å²) in [5.74, 6) is -0.231. The molecule has 102 valence electrons. The number of amides is 2. The molecule has 1 atom stereocenters. The summed E-state index contributed by atoms with van der Waals surface area (Å²) in [6.45, 7) is 5.12. The monoisotopic (exact) mass is 253 g/mol. The van der Waals surface area contributed by atoms with Crippen molar-refractivity contribution >= 4 is 11.8 Å². The van der Waals surface area contributed by atoms with Crippen LogP contribution in [0.3, 0.4) is 0 Å². The number of nitrogens with zero attached hydrogens (tertiary/aromatic N) is 1. The maximum atomic E-state index is 12.6. The Labute approximate surface area is 108 Å². The van der Waals surface area contributed by atoms with E-state index in [9.17, 15) is 9.59 Å². The molecule has 2 saturated heterocycles. The summed E-state index contributed by atoms with van der Waals surface area (Å²) in [7, 11) is 0. The van der Waals surface area contributed by atoms with Crippen LogP contribution in [0.4, 0.5) is 0 Å². The van der Waals surface area contributed by atoms with Gasteiger partial charge in [0, 0.05) is 18.5 Å². The average molecular weight is 253 g/mol. The maximum Gasteiger partial charge on any atom is 0.228 e. The van der Waals surface area contributed by atoms with Crippen molar-refractivity contribution in [1.82, 2.24) is 10.2 Å². The molecule has 1 unspecified atom stereocenters. The summed E-state index contributed by atoms with van der Waals surface area (Å²) in [5, 5.41) is 3.28. The summed E-state index contributed by atoms with van der Waals surface area (Å²) >= 11 is 0. The van der Waals surface area contributed by atoms with Crippen LogP contribution in [0.15, 0.2) is 0 Å². The molecule has 5 nitrogen and oxygen atoms in total. The molecule has 0 aromatic rings. The van der Waals surface area contributed by atoms with Crippen molar-refractivity contribution in [2.45, 2.75) is 32.6 Å². The van der Waals surface area contributed by atoms with Gasteiger partial charge in [0.05, 0.1) is 5.92 Å². The number of nitrogens with one attached hydrogen (secondary N) is 1. The zero-order valence-corrected chi connectivity index (χ0v) is 11.1. The summed E-state index contributed by atoms with van der Waals surface area (Å²) < 4.78 is 0. The molecule has 2 fully saturated rings. The molecule has 5 heteroatoms. The van der Waals surface area contributed by atoms with E-state index in [1.165, 1.54) is 0 Å². The van der Waals surface area contributed by atoms with Crippen LogP contribution in [0.25, 0.3) is 0 Å². The highest BCUT2D eigenvalue weighted by Gasteiger charge is 2.39. The Morgan fingerprint density at radius 3 is 2.61 bits per heavy atom. The number of primary amides is 1. The molecular formula is C13H23N3O2. The van der Waals surface area contributed by atoms with E-state index in [4.69, 9.17) is 5.73 Å². The minimum atomic E-state index is -0.275. The molecule has 0 radical (unpaired) electrons. The fourth-order valence-electron chi connectivity index (χ4n) is 2.97. The Hall–Kier alpha value is -1.10. The second-order valence-corrected chi connectivity index (χ2v) is 5.80. The Bertz CT molecular complexity index is 337. The third kappa shape index (κ3) is 2.66. The van der Waals surface area contributed by atoms with Crippen LogP contribution in [0.2, 0.25) is 0 Å². The van der Waals surface area contributed by atoms with Gasteiger partial charge < -0.3 is 16.0 Å². The zero-order valence-electron chi connectivity index (χ0n) is 11.1. The average Bonchev–Trinajstić information content (AvgIpc) is 2.39. The van der Waals surface area contributed by atoms with E-state index >= 15 is 0 Å². The third-order valence-corrected chi connectivity index (χ3v) is 4.33. The van der Waals surface area contributed by atoms with Gasteiger partial charge in [0.2, 0.25) is 11.8 Å². The summed E-state index contributed by atoms with van der Waals surface area (Å²) in [4.78, 5) is 25.7. The number of likely N-dealkylation sites (tertiary alicyclic amines) is 1. The van der Waals surface area contributed by atoms with Gasteiger partial charge in [-0.2, -0.15) is 0 Å². The molecule has 0 aromatic carbocycles. The smallest absolute Gasteiger partial charge is 0.228 e. The molecule has 18 heavy (non-hydrogen) atoms. The lowest BCUT2D eigenvalue weighted by Crippen LogP contribution is -2.52. The van der Waals surface area contributed by atoms with E-state index in [0.717, 1.165) is 45.3 Å². The first-order chi connectivity index (χ1) is 8.53. The van der Waals surface area contributed by atoms with E-state index in [1.807, 2.05) is 11.8 Å². The molecule has 0 aliphatic carbocycles. The van der Waals surface area contributed by atoms with Crippen LogP contribution in [0.1, 0.15) is 32.6 Å². The van der Waals surface area contributed by atoms with E-state index < -0.39 is 0 Å². The van der Waals surface area contributed by atoms with Crippen LogP contribution >= 0.6 is 0 Å². The summed E-state index contributed by atoms with van der Waals surface area (Å²) in [6.07, 6.45) is 3.46. The second-order valence-electron chi connectivity index (χ2n) is 5.80. The van der Waals surface area contributed by atoms with Crippen LogP contribution < -0.4 is 11.1 Å². The highest BCUT2D eigenvalue weighted by molar-refractivity contribution is 5.84. The summed E-state index contributed by atoms with van der Waals surface area (Å²) in [5.41, 5.74) is 5.09. The molecule has 0 aromatic heterocycles. The van der Waals surface area contributed by atoms with Gasteiger partial charge >= 0.3 is 0 Å². The van der Waals surface area contributed by atoms with Crippen molar-refractivity contribution < 1.29 is 9.59 Å². The number of hydrogen-bond donors (Lipinski definition) is 2. The van der Waals surface area contributed by atoms with Gasteiger partial charge in [-0.15, -0.1) is 0 Å². The maximum absolute atomic E-state index is 12.6. The van der Waals surface area contributed by atoms with Gasteiger partial charge in [-0.25, -0.2) is 0 Å². The SMILES string of the molecule is CC1(C(=O)N2CCCC(C(N)=O)C2)CCNCC1. The largest absolute Gasteiger partial charge is 0.369 e. The summed E-state index contributed by atoms with van der Waals surface area (Å²) in [6, 6.07) is 0. The Balaban J connectivity index is 2.01. The molecule has 2 aliphatic rings. The van der Waals surface area contributed by atoms with E-state index in [-0.39, 0.29) is 23.1 Å². The van der Waals surface area contributed by atoms with Gasteiger partial charge in [0.25, 0.3) is 0 Å². The van der Waals surface area contributed by atoms with Crippen molar-refractivity contribution in [2.24, 2.45) is 17.1 Å². The molecule has 0 saturated carbocycles. The van der Waals surface area contributed by atoms with Crippen molar-refractivity contribution in [3.05, 3.63) is 0 Å². The number of hydrogen-bond acceptors (Lipinski definition) is 3. The van der Waals surface area contributed by atoms with Crippen molar-refractivity contribution in [3.8, 4) is 0 Å². The molecule has 0 spiro atoms. The van der Waals surface area contributed by atoms with Gasteiger partial charge in [0.15, 0.2) is 0 Å². The van der Waals surface area contributed by atoms with Crippen molar-refractivity contribution in [2.75, 3.05) is 26.2 Å². The van der Waals surface area contributed by atoms with Crippen molar-refractivity contribution in [3.63, 3.8) is 0 Å². The highest BCUT2D eigenvalue weighted by atomic mass is 16.2. The van der Waals surface area contributed by atoms with Crippen molar-refractivity contribution in [1.29, 1.82) is 0 Å². The normalized spacial score (nSPS) is 27.8. The van der Waals surface area contributed by atoms with E-state index in [0.29, 0.717) is 6.54 Å². The minimum absolute atomic E-state index is 0.159. The van der Waals surface area contributed by atoms with Gasteiger partial charge in [-0.3, -0.25) is 9.59 Å². The Morgan fingerprint density at radius 1 is 1.33 bits per heavy atom. The first-order valence-corrected chi connectivity index (χ1v) is 6.82. The molecular weight excluding hydrogens is 230 g/mol.